The van der Waals surface area contributed by atoms with E-state index in [1.165, 1.54) is 0 Å². The van der Waals surface area contributed by atoms with Crippen molar-refractivity contribution < 1.29 is 5.11 Å². The molecule has 1 rings (SSSR count). The quantitative estimate of drug-likeness (QED) is 0.800. The number of benzene rings is 1. The Labute approximate surface area is 74.5 Å². The summed E-state index contributed by atoms with van der Waals surface area (Å²) in [7, 11) is 0. The molecule has 0 saturated carbocycles. The van der Waals surface area contributed by atoms with Gasteiger partial charge >= 0.3 is 0 Å². The predicted molar refractivity (Wildman–Crippen MR) is 50.2 cm³/mol. The van der Waals surface area contributed by atoms with Crippen LogP contribution in [0.4, 0.5) is 0 Å². The summed E-state index contributed by atoms with van der Waals surface area (Å²) in [5.74, 6) is 0. The first-order valence-electron chi connectivity index (χ1n) is 3.29. The number of hydrogen-bond donors (Lipinski definition) is 1. The fourth-order valence-electron chi connectivity index (χ4n) is 0.835. The molecular weight excluding hydrogens is 204 g/mol. The van der Waals surface area contributed by atoms with Crippen LogP contribution in [0.2, 0.25) is 0 Å². The minimum Gasteiger partial charge on any atom is -0.392 e. The van der Waals surface area contributed by atoms with Gasteiger partial charge in [0.05, 0.1) is 6.61 Å². The minimum atomic E-state index is 0.0794. The molecule has 1 N–H and O–H groups in total. The molecule has 0 bridgehead atoms. The molecule has 0 aromatic heterocycles. The summed E-state index contributed by atoms with van der Waals surface area (Å²) in [6, 6.07) is 5.68. The average molecular weight is 213 g/mol. The molecule has 0 amide bonds. The number of hydrogen-bond acceptors (Lipinski definition) is 1. The Morgan fingerprint density at radius 2 is 2.27 bits per heavy atom. The van der Waals surface area contributed by atoms with Crippen molar-refractivity contribution >= 4 is 22.0 Å². The first kappa shape index (κ1) is 8.50. The van der Waals surface area contributed by atoms with Crippen LogP contribution >= 0.6 is 15.9 Å². The van der Waals surface area contributed by atoms with E-state index < -0.39 is 0 Å². The van der Waals surface area contributed by atoms with Crippen molar-refractivity contribution in [1.82, 2.24) is 0 Å². The summed E-state index contributed by atoms with van der Waals surface area (Å²) in [5.41, 5.74) is 1.95. The molecule has 0 atom stereocenters. The van der Waals surface area contributed by atoms with Gasteiger partial charge in [0, 0.05) is 4.47 Å². The Morgan fingerprint density at radius 3 is 2.73 bits per heavy atom. The van der Waals surface area contributed by atoms with Gasteiger partial charge in [-0.05, 0) is 17.2 Å². The van der Waals surface area contributed by atoms with E-state index in [9.17, 15) is 0 Å². The van der Waals surface area contributed by atoms with Gasteiger partial charge in [-0.3, -0.25) is 0 Å². The standard InChI is InChI=1S/C9H9BrO/c1-2-8-4-3-7(6-11)5-9(8)10/h2-5,11H,1,6H2. The van der Waals surface area contributed by atoms with Gasteiger partial charge in [-0.1, -0.05) is 40.7 Å². The van der Waals surface area contributed by atoms with E-state index in [0.29, 0.717) is 0 Å². The van der Waals surface area contributed by atoms with Crippen LogP contribution in [0.5, 0.6) is 0 Å². The predicted octanol–water partition coefficient (Wildman–Crippen LogP) is 2.58. The molecular formula is C9H9BrO. The van der Waals surface area contributed by atoms with E-state index in [1.807, 2.05) is 18.2 Å². The van der Waals surface area contributed by atoms with Crippen molar-refractivity contribution in [3.8, 4) is 0 Å². The zero-order valence-electron chi connectivity index (χ0n) is 6.05. The smallest absolute Gasteiger partial charge is 0.0682 e. The summed E-state index contributed by atoms with van der Waals surface area (Å²) >= 11 is 3.37. The lowest BCUT2D eigenvalue weighted by Crippen LogP contribution is -1.83. The minimum absolute atomic E-state index is 0.0794. The lowest BCUT2D eigenvalue weighted by Gasteiger charge is -2.00. The van der Waals surface area contributed by atoms with Crippen LogP contribution < -0.4 is 0 Å². The maximum Gasteiger partial charge on any atom is 0.0682 e. The Bertz CT molecular complexity index is 268. The fraction of sp³-hybridized carbons (Fsp3) is 0.111. The zero-order valence-corrected chi connectivity index (χ0v) is 7.63. The van der Waals surface area contributed by atoms with Crippen molar-refractivity contribution in [2.75, 3.05) is 0 Å². The summed E-state index contributed by atoms with van der Waals surface area (Å²) in [6.07, 6.45) is 1.77. The van der Waals surface area contributed by atoms with Gasteiger partial charge in [-0.2, -0.15) is 0 Å². The third-order valence-electron chi connectivity index (χ3n) is 1.47. The Balaban J connectivity index is 3.09. The van der Waals surface area contributed by atoms with Crippen molar-refractivity contribution in [1.29, 1.82) is 0 Å². The number of aliphatic hydroxyl groups excluding tert-OH is 1. The third-order valence-corrected chi connectivity index (χ3v) is 2.15. The molecule has 1 aromatic carbocycles. The second-order valence-electron chi connectivity index (χ2n) is 2.22. The first-order valence-corrected chi connectivity index (χ1v) is 4.09. The molecule has 0 spiro atoms. The molecule has 0 fully saturated rings. The van der Waals surface area contributed by atoms with Crippen molar-refractivity contribution in [3.63, 3.8) is 0 Å². The Morgan fingerprint density at radius 1 is 1.55 bits per heavy atom. The second kappa shape index (κ2) is 3.69. The van der Waals surface area contributed by atoms with Gasteiger partial charge in [0.1, 0.15) is 0 Å². The summed E-state index contributed by atoms with van der Waals surface area (Å²) in [4.78, 5) is 0. The molecule has 0 aliphatic carbocycles. The molecule has 0 unspecified atom stereocenters. The van der Waals surface area contributed by atoms with E-state index in [0.717, 1.165) is 15.6 Å². The van der Waals surface area contributed by atoms with Gasteiger partial charge in [-0.15, -0.1) is 0 Å². The van der Waals surface area contributed by atoms with E-state index in [4.69, 9.17) is 5.11 Å². The monoisotopic (exact) mass is 212 g/mol. The average Bonchev–Trinajstić information content (AvgIpc) is 2.04. The number of rotatable bonds is 2. The highest BCUT2D eigenvalue weighted by Crippen LogP contribution is 2.19. The molecule has 58 valence electrons. The highest BCUT2D eigenvalue weighted by molar-refractivity contribution is 9.10. The van der Waals surface area contributed by atoms with Gasteiger partial charge in [0.25, 0.3) is 0 Å². The highest BCUT2D eigenvalue weighted by Gasteiger charge is 1.96. The lowest BCUT2D eigenvalue weighted by atomic mass is 10.1. The maximum absolute atomic E-state index is 8.78. The second-order valence-corrected chi connectivity index (χ2v) is 3.07. The van der Waals surface area contributed by atoms with E-state index in [1.54, 1.807) is 6.08 Å². The first-order chi connectivity index (χ1) is 5.27. The van der Waals surface area contributed by atoms with E-state index in [-0.39, 0.29) is 6.61 Å². The molecule has 0 aliphatic rings. The normalized spacial score (nSPS) is 9.64. The molecule has 2 heteroatoms. The zero-order chi connectivity index (χ0) is 8.27. The molecule has 0 heterocycles. The van der Waals surface area contributed by atoms with Crippen LogP contribution in [0.1, 0.15) is 11.1 Å². The van der Waals surface area contributed by atoms with E-state index in [2.05, 4.69) is 22.5 Å². The van der Waals surface area contributed by atoms with Gasteiger partial charge in [0.2, 0.25) is 0 Å². The van der Waals surface area contributed by atoms with Gasteiger partial charge in [0.15, 0.2) is 0 Å². The van der Waals surface area contributed by atoms with Crippen LogP contribution in [0, 0.1) is 0 Å². The fourth-order valence-corrected chi connectivity index (χ4v) is 1.42. The van der Waals surface area contributed by atoms with Crippen LogP contribution in [-0.2, 0) is 6.61 Å². The molecule has 1 nitrogen and oxygen atoms in total. The number of aliphatic hydroxyl groups is 1. The SMILES string of the molecule is C=Cc1ccc(CO)cc1Br. The highest BCUT2D eigenvalue weighted by atomic mass is 79.9. The van der Waals surface area contributed by atoms with Crippen LogP contribution in [-0.4, -0.2) is 5.11 Å². The Hall–Kier alpha value is -0.600. The molecule has 1 aromatic rings. The van der Waals surface area contributed by atoms with Crippen molar-refractivity contribution in [3.05, 3.63) is 40.4 Å². The molecule has 0 aliphatic heterocycles. The third kappa shape index (κ3) is 1.91. The molecule has 11 heavy (non-hydrogen) atoms. The summed E-state index contributed by atoms with van der Waals surface area (Å²) in [6.45, 7) is 3.73. The molecule has 0 radical (unpaired) electrons. The molecule has 0 saturated heterocycles. The number of halogens is 1. The van der Waals surface area contributed by atoms with E-state index >= 15 is 0 Å². The lowest BCUT2D eigenvalue weighted by molar-refractivity contribution is 0.282. The van der Waals surface area contributed by atoms with Gasteiger partial charge < -0.3 is 5.11 Å². The topological polar surface area (TPSA) is 20.2 Å². The maximum atomic E-state index is 8.78. The Kier molecular flexibility index (Phi) is 2.85. The van der Waals surface area contributed by atoms with Crippen molar-refractivity contribution in [2.45, 2.75) is 6.61 Å². The summed E-state index contributed by atoms with van der Waals surface area (Å²) < 4.78 is 0.971. The van der Waals surface area contributed by atoms with Crippen LogP contribution in [0.25, 0.3) is 6.08 Å². The van der Waals surface area contributed by atoms with Crippen molar-refractivity contribution in [2.24, 2.45) is 0 Å². The largest absolute Gasteiger partial charge is 0.392 e. The van der Waals surface area contributed by atoms with Crippen LogP contribution in [0.15, 0.2) is 29.3 Å². The summed E-state index contributed by atoms with van der Waals surface area (Å²) in [5, 5.41) is 8.78. The van der Waals surface area contributed by atoms with Gasteiger partial charge in [-0.25, -0.2) is 0 Å². The van der Waals surface area contributed by atoms with Crippen LogP contribution in [0.3, 0.4) is 0 Å².